The summed E-state index contributed by atoms with van der Waals surface area (Å²) in [5.41, 5.74) is 2.48. The van der Waals surface area contributed by atoms with E-state index in [-0.39, 0.29) is 0 Å². The summed E-state index contributed by atoms with van der Waals surface area (Å²) in [5.74, 6) is 0. The second kappa shape index (κ2) is 2.35. The van der Waals surface area contributed by atoms with Crippen LogP contribution in [0.4, 0.5) is 0 Å². The molecule has 1 N–H and O–H groups in total. The lowest BCUT2D eigenvalue weighted by Gasteiger charge is -1.88. The summed E-state index contributed by atoms with van der Waals surface area (Å²) in [6.45, 7) is 1.95. The van der Waals surface area contributed by atoms with E-state index in [1.54, 1.807) is 12.3 Å². The third-order valence-electron chi connectivity index (χ3n) is 1.79. The number of pyridine rings is 1. The Hall–Kier alpha value is -1.82. The van der Waals surface area contributed by atoms with Gasteiger partial charge in [-0.25, -0.2) is 4.98 Å². The zero-order valence-electron chi connectivity index (χ0n) is 6.63. The van der Waals surface area contributed by atoms with Crippen molar-refractivity contribution in [2.24, 2.45) is 0 Å². The number of hydrogen-bond acceptors (Lipinski definition) is 2. The van der Waals surface area contributed by atoms with Crippen LogP contribution >= 0.6 is 0 Å². The molecule has 0 aliphatic carbocycles. The van der Waals surface area contributed by atoms with Crippen LogP contribution in [-0.2, 0) is 0 Å². The number of nitrogens with zero attached hydrogens (tertiary/aromatic N) is 2. The van der Waals surface area contributed by atoms with Crippen LogP contribution in [0.25, 0.3) is 11.0 Å². The molecule has 0 unspecified atom stereocenters. The zero-order valence-corrected chi connectivity index (χ0v) is 6.63. The van der Waals surface area contributed by atoms with Gasteiger partial charge in [-0.1, -0.05) is 0 Å². The molecule has 0 spiro atoms. The van der Waals surface area contributed by atoms with Crippen molar-refractivity contribution in [2.75, 3.05) is 0 Å². The molecule has 0 aliphatic rings. The monoisotopic (exact) mass is 157 g/mol. The minimum atomic E-state index is 0.671. The second-order valence-corrected chi connectivity index (χ2v) is 2.68. The minimum absolute atomic E-state index is 0.671. The Morgan fingerprint density at radius 1 is 1.58 bits per heavy atom. The quantitative estimate of drug-likeness (QED) is 0.633. The molecule has 3 heteroatoms. The number of H-pyrrole nitrogens is 1. The first-order valence-electron chi connectivity index (χ1n) is 3.65. The van der Waals surface area contributed by atoms with Crippen molar-refractivity contribution in [1.29, 1.82) is 5.26 Å². The number of nitriles is 1. The van der Waals surface area contributed by atoms with Crippen molar-refractivity contribution in [3.63, 3.8) is 0 Å². The molecule has 2 heterocycles. The molecule has 2 aromatic heterocycles. The van der Waals surface area contributed by atoms with Crippen molar-refractivity contribution in [2.45, 2.75) is 6.92 Å². The van der Waals surface area contributed by atoms with E-state index in [0.29, 0.717) is 5.56 Å². The lowest BCUT2D eigenvalue weighted by atomic mass is 10.2. The maximum atomic E-state index is 8.75. The Morgan fingerprint density at radius 2 is 2.42 bits per heavy atom. The van der Waals surface area contributed by atoms with Crippen LogP contribution in [0.1, 0.15) is 11.3 Å². The highest BCUT2D eigenvalue weighted by atomic mass is 14.8. The van der Waals surface area contributed by atoms with Gasteiger partial charge in [0.1, 0.15) is 5.65 Å². The first-order valence-corrected chi connectivity index (χ1v) is 3.65. The van der Waals surface area contributed by atoms with Crippen LogP contribution < -0.4 is 0 Å². The molecule has 0 fully saturated rings. The molecule has 0 amide bonds. The summed E-state index contributed by atoms with van der Waals surface area (Å²) < 4.78 is 0. The molecule has 0 saturated carbocycles. The molecular weight excluding hydrogens is 150 g/mol. The summed E-state index contributed by atoms with van der Waals surface area (Å²) in [5, 5.41) is 9.65. The predicted molar refractivity (Wildman–Crippen MR) is 45.5 cm³/mol. The van der Waals surface area contributed by atoms with E-state index in [1.807, 2.05) is 13.0 Å². The van der Waals surface area contributed by atoms with Crippen LogP contribution in [0.3, 0.4) is 0 Å². The number of fused-ring (bicyclic) bond motifs is 1. The van der Waals surface area contributed by atoms with Gasteiger partial charge in [0.25, 0.3) is 0 Å². The Labute approximate surface area is 69.7 Å². The molecule has 2 aromatic rings. The van der Waals surface area contributed by atoms with Crippen molar-refractivity contribution < 1.29 is 0 Å². The highest BCUT2D eigenvalue weighted by Gasteiger charge is 2.02. The van der Waals surface area contributed by atoms with Crippen LogP contribution in [-0.4, -0.2) is 9.97 Å². The minimum Gasteiger partial charge on any atom is -0.344 e. The predicted octanol–water partition coefficient (Wildman–Crippen LogP) is 1.74. The molecule has 0 bridgehead atoms. The third-order valence-corrected chi connectivity index (χ3v) is 1.79. The second-order valence-electron chi connectivity index (χ2n) is 2.68. The average Bonchev–Trinajstić information content (AvgIpc) is 2.44. The number of aryl methyl sites for hydroxylation is 1. The van der Waals surface area contributed by atoms with Crippen molar-refractivity contribution in [3.05, 3.63) is 29.6 Å². The number of nitrogens with one attached hydrogen (secondary N) is 1. The van der Waals surface area contributed by atoms with Gasteiger partial charge in [-0.3, -0.25) is 0 Å². The Morgan fingerprint density at radius 3 is 3.17 bits per heavy atom. The molecule has 0 radical (unpaired) electrons. The summed E-state index contributed by atoms with van der Waals surface area (Å²) >= 11 is 0. The highest BCUT2D eigenvalue weighted by Crippen LogP contribution is 2.15. The average molecular weight is 157 g/mol. The summed E-state index contributed by atoms with van der Waals surface area (Å²) in [7, 11) is 0. The normalized spacial score (nSPS) is 10.0. The number of rotatable bonds is 0. The lowest BCUT2D eigenvalue weighted by Crippen LogP contribution is -1.78. The third kappa shape index (κ3) is 0.857. The number of aromatic amines is 1. The number of hydrogen-bond donors (Lipinski definition) is 1. The fourth-order valence-electron chi connectivity index (χ4n) is 1.26. The van der Waals surface area contributed by atoms with Gasteiger partial charge in [-0.05, 0) is 19.1 Å². The van der Waals surface area contributed by atoms with E-state index in [0.717, 1.165) is 16.7 Å². The topological polar surface area (TPSA) is 52.5 Å². The maximum Gasteiger partial charge on any atom is 0.138 e. The van der Waals surface area contributed by atoms with Crippen LogP contribution in [0.2, 0.25) is 0 Å². The fourth-order valence-corrected chi connectivity index (χ4v) is 1.26. The van der Waals surface area contributed by atoms with Gasteiger partial charge >= 0.3 is 0 Å². The van der Waals surface area contributed by atoms with Gasteiger partial charge in [0, 0.05) is 17.3 Å². The lowest BCUT2D eigenvalue weighted by molar-refractivity contribution is 1.25. The Bertz CT molecular complexity index is 462. The van der Waals surface area contributed by atoms with Gasteiger partial charge in [0.05, 0.1) is 11.6 Å². The highest BCUT2D eigenvalue weighted by molar-refractivity contribution is 5.82. The SMILES string of the molecule is Cc1cc2c(C#N)ccnc2[nH]1. The molecule has 3 nitrogen and oxygen atoms in total. The molecule has 58 valence electrons. The molecule has 0 aromatic carbocycles. The van der Waals surface area contributed by atoms with Crippen LogP contribution in [0, 0.1) is 18.3 Å². The Balaban J connectivity index is 2.89. The summed E-state index contributed by atoms with van der Waals surface area (Å²) in [4.78, 5) is 7.17. The van der Waals surface area contributed by atoms with Crippen molar-refractivity contribution in [1.82, 2.24) is 9.97 Å². The maximum absolute atomic E-state index is 8.75. The van der Waals surface area contributed by atoms with E-state index in [2.05, 4.69) is 16.0 Å². The fraction of sp³-hybridized carbons (Fsp3) is 0.111. The Kier molecular flexibility index (Phi) is 1.34. The van der Waals surface area contributed by atoms with E-state index in [9.17, 15) is 0 Å². The first-order chi connectivity index (χ1) is 5.81. The largest absolute Gasteiger partial charge is 0.344 e. The first kappa shape index (κ1) is 6.86. The van der Waals surface area contributed by atoms with E-state index < -0.39 is 0 Å². The zero-order chi connectivity index (χ0) is 8.55. The van der Waals surface area contributed by atoms with Gasteiger partial charge in [0.15, 0.2) is 0 Å². The van der Waals surface area contributed by atoms with Crippen molar-refractivity contribution in [3.8, 4) is 6.07 Å². The summed E-state index contributed by atoms with van der Waals surface area (Å²) in [6.07, 6.45) is 1.64. The number of aromatic nitrogens is 2. The smallest absolute Gasteiger partial charge is 0.138 e. The van der Waals surface area contributed by atoms with E-state index >= 15 is 0 Å². The molecule has 0 aliphatic heterocycles. The molecule has 0 atom stereocenters. The van der Waals surface area contributed by atoms with Crippen LogP contribution in [0.5, 0.6) is 0 Å². The van der Waals surface area contributed by atoms with E-state index in [1.165, 1.54) is 0 Å². The van der Waals surface area contributed by atoms with Gasteiger partial charge in [0.2, 0.25) is 0 Å². The molecule has 0 saturated heterocycles. The van der Waals surface area contributed by atoms with Gasteiger partial charge < -0.3 is 4.98 Å². The standard InChI is InChI=1S/C9H7N3/c1-6-4-8-7(5-10)2-3-11-9(8)12-6/h2-4H,1H3,(H,11,12). The van der Waals surface area contributed by atoms with Gasteiger partial charge in [-0.2, -0.15) is 5.26 Å². The molecule has 12 heavy (non-hydrogen) atoms. The van der Waals surface area contributed by atoms with Crippen LogP contribution in [0.15, 0.2) is 18.3 Å². The van der Waals surface area contributed by atoms with Crippen molar-refractivity contribution >= 4 is 11.0 Å². The van der Waals surface area contributed by atoms with Gasteiger partial charge in [-0.15, -0.1) is 0 Å². The summed E-state index contributed by atoms with van der Waals surface area (Å²) in [6, 6.07) is 5.77. The van der Waals surface area contributed by atoms with E-state index in [4.69, 9.17) is 5.26 Å². The molecule has 2 rings (SSSR count). The molecular formula is C9H7N3.